The van der Waals surface area contributed by atoms with Crippen molar-refractivity contribution >= 4 is 17.5 Å². The minimum Gasteiger partial charge on any atom is -0.391 e. The van der Waals surface area contributed by atoms with Crippen molar-refractivity contribution in [1.29, 1.82) is 0 Å². The maximum Gasteiger partial charge on any atom is 0.227 e. The summed E-state index contributed by atoms with van der Waals surface area (Å²) in [5, 5.41) is 13.4. The number of benzene rings is 1. The van der Waals surface area contributed by atoms with E-state index in [9.17, 15) is 9.90 Å². The first kappa shape index (κ1) is 18.0. The lowest BCUT2D eigenvalue weighted by molar-refractivity contribution is -0.124. The lowest BCUT2D eigenvalue weighted by Gasteiger charge is -2.22. The largest absolute Gasteiger partial charge is 0.391 e. The average Bonchev–Trinajstić information content (AvgIpc) is 2.38. The van der Waals surface area contributed by atoms with Crippen LogP contribution >= 0.6 is 11.6 Å². The van der Waals surface area contributed by atoms with E-state index in [2.05, 4.69) is 19.2 Å². The lowest BCUT2D eigenvalue weighted by atomic mass is 9.87. The van der Waals surface area contributed by atoms with Crippen LogP contribution in [0.1, 0.15) is 45.6 Å². The van der Waals surface area contributed by atoms with Gasteiger partial charge in [0.05, 0.1) is 12.0 Å². The Bertz CT molecular complexity index is 443. The van der Waals surface area contributed by atoms with Crippen LogP contribution in [0.25, 0.3) is 0 Å². The van der Waals surface area contributed by atoms with E-state index in [1.54, 1.807) is 12.1 Å². The summed E-state index contributed by atoms with van der Waals surface area (Å²) < 4.78 is 0. The Morgan fingerprint density at radius 2 is 1.76 bits per heavy atom. The maximum absolute atomic E-state index is 12.4. The quantitative estimate of drug-likeness (QED) is 0.808. The number of rotatable bonds is 7. The van der Waals surface area contributed by atoms with Crippen molar-refractivity contribution in [1.82, 2.24) is 5.32 Å². The molecule has 0 radical (unpaired) electrons. The van der Waals surface area contributed by atoms with Crippen LogP contribution in [-0.4, -0.2) is 23.7 Å². The third kappa shape index (κ3) is 6.06. The van der Waals surface area contributed by atoms with Gasteiger partial charge < -0.3 is 10.4 Å². The van der Waals surface area contributed by atoms with E-state index in [4.69, 9.17) is 11.6 Å². The molecule has 2 N–H and O–H groups in total. The highest BCUT2D eigenvalue weighted by molar-refractivity contribution is 6.30. The number of nitrogens with one attached hydrogen (secondary N) is 1. The zero-order chi connectivity index (χ0) is 16.0. The monoisotopic (exact) mass is 311 g/mol. The molecule has 1 rings (SSSR count). The predicted molar refractivity (Wildman–Crippen MR) is 87.5 cm³/mol. The standard InChI is InChI=1S/C17H26ClNO2/c1-11(2)9-15(20)10-19-17(21)16(12(3)4)13-5-7-14(18)8-6-13/h5-8,11-12,15-16,20H,9-10H2,1-4H3,(H,19,21). The second-order valence-electron chi connectivity index (χ2n) is 6.30. The number of aliphatic hydroxyl groups is 1. The van der Waals surface area contributed by atoms with Crippen molar-refractivity contribution in [2.45, 2.75) is 46.1 Å². The van der Waals surface area contributed by atoms with Crippen molar-refractivity contribution < 1.29 is 9.90 Å². The molecule has 21 heavy (non-hydrogen) atoms. The lowest BCUT2D eigenvalue weighted by Crippen LogP contribution is -2.37. The molecule has 1 aromatic rings. The van der Waals surface area contributed by atoms with Gasteiger partial charge in [-0.2, -0.15) is 0 Å². The average molecular weight is 312 g/mol. The van der Waals surface area contributed by atoms with Crippen molar-refractivity contribution in [2.24, 2.45) is 11.8 Å². The van der Waals surface area contributed by atoms with Crippen molar-refractivity contribution in [3.05, 3.63) is 34.9 Å². The van der Waals surface area contributed by atoms with E-state index in [1.165, 1.54) is 0 Å². The Hall–Kier alpha value is -1.06. The highest BCUT2D eigenvalue weighted by Crippen LogP contribution is 2.26. The van der Waals surface area contributed by atoms with E-state index in [1.807, 2.05) is 26.0 Å². The van der Waals surface area contributed by atoms with Crippen LogP contribution in [0.5, 0.6) is 0 Å². The number of aliphatic hydroxyl groups excluding tert-OH is 1. The van der Waals surface area contributed by atoms with E-state index in [-0.39, 0.29) is 17.7 Å². The Morgan fingerprint density at radius 1 is 1.19 bits per heavy atom. The van der Waals surface area contributed by atoms with E-state index < -0.39 is 6.10 Å². The molecule has 0 bridgehead atoms. The summed E-state index contributed by atoms with van der Waals surface area (Å²) in [5.74, 6) is 0.311. The molecule has 0 fully saturated rings. The predicted octanol–water partition coefficient (Wildman–Crippen LogP) is 3.60. The molecule has 0 aliphatic carbocycles. The second-order valence-corrected chi connectivity index (χ2v) is 6.74. The summed E-state index contributed by atoms with van der Waals surface area (Å²) >= 11 is 5.89. The molecule has 0 aliphatic heterocycles. The van der Waals surface area contributed by atoms with Crippen molar-refractivity contribution in [3.8, 4) is 0 Å². The molecule has 1 aromatic carbocycles. The number of carbonyl (C=O) groups is 1. The molecule has 0 heterocycles. The summed E-state index contributed by atoms with van der Waals surface area (Å²) in [7, 11) is 0. The van der Waals surface area contributed by atoms with Gasteiger partial charge in [0.25, 0.3) is 0 Å². The molecule has 2 unspecified atom stereocenters. The fraction of sp³-hybridized carbons (Fsp3) is 0.588. The van der Waals surface area contributed by atoms with Gasteiger partial charge in [0.15, 0.2) is 0 Å². The topological polar surface area (TPSA) is 49.3 Å². The maximum atomic E-state index is 12.4. The molecule has 0 aromatic heterocycles. The van der Waals surface area contributed by atoms with Crippen LogP contribution in [-0.2, 0) is 4.79 Å². The van der Waals surface area contributed by atoms with Crippen LogP contribution < -0.4 is 5.32 Å². The zero-order valence-electron chi connectivity index (χ0n) is 13.3. The number of halogens is 1. The SMILES string of the molecule is CC(C)CC(O)CNC(=O)C(c1ccc(Cl)cc1)C(C)C. The minimum atomic E-state index is -0.494. The first-order valence-corrected chi connectivity index (χ1v) is 7.90. The van der Waals surface area contributed by atoms with Gasteiger partial charge in [-0.3, -0.25) is 4.79 Å². The molecule has 0 saturated carbocycles. The highest BCUT2D eigenvalue weighted by atomic mass is 35.5. The second kappa shape index (κ2) is 8.40. The number of amides is 1. The summed E-state index contributed by atoms with van der Waals surface area (Å²) in [5.41, 5.74) is 0.949. The Kier molecular flexibility index (Phi) is 7.20. The fourth-order valence-electron chi connectivity index (χ4n) is 2.46. The first-order chi connectivity index (χ1) is 9.81. The molecule has 0 saturated heterocycles. The molecular weight excluding hydrogens is 286 g/mol. The fourth-order valence-corrected chi connectivity index (χ4v) is 2.59. The number of hydrogen-bond acceptors (Lipinski definition) is 2. The van der Waals surface area contributed by atoms with Gasteiger partial charge in [-0.05, 0) is 36.0 Å². The van der Waals surface area contributed by atoms with Crippen LogP contribution in [0.3, 0.4) is 0 Å². The molecule has 1 amide bonds. The highest BCUT2D eigenvalue weighted by Gasteiger charge is 2.24. The molecule has 0 spiro atoms. The molecular formula is C17H26ClNO2. The third-order valence-electron chi connectivity index (χ3n) is 3.43. The van der Waals surface area contributed by atoms with E-state index >= 15 is 0 Å². The summed E-state index contributed by atoms with van der Waals surface area (Å²) in [6, 6.07) is 7.37. The summed E-state index contributed by atoms with van der Waals surface area (Å²) in [6.45, 7) is 8.44. The van der Waals surface area contributed by atoms with Crippen LogP contribution in [0.4, 0.5) is 0 Å². The van der Waals surface area contributed by atoms with Gasteiger partial charge in [-0.1, -0.05) is 51.4 Å². The first-order valence-electron chi connectivity index (χ1n) is 7.52. The zero-order valence-corrected chi connectivity index (χ0v) is 14.0. The molecule has 2 atom stereocenters. The third-order valence-corrected chi connectivity index (χ3v) is 3.69. The normalized spacial score (nSPS) is 14.3. The van der Waals surface area contributed by atoms with Crippen molar-refractivity contribution in [3.63, 3.8) is 0 Å². The van der Waals surface area contributed by atoms with E-state index in [0.717, 1.165) is 5.56 Å². The number of carbonyl (C=O) groups excluding carboxylic acids is 1. The Balaban J connectivity index is 2.68. The van der Waals surface area contributed by atoms with Gasteiger partial charge in [0.2, 0.25) is 5.91 Å². The van der Waals surface area contributed by atoms with E-state index in [0.29, 0.717) is 23.9 Å². The van der Waals surface area contributed by atoms with Gasteiger partial charge >= 0.3 is 0 Å². The molecule has 118 valence electrons. The smallest absolute Gasteiger partial charge is 0.227 e. The van der Waals surface area contributed by atoms with Gasteiger partial charge in [-0.15, -0.1) is 0 Å². The summed E-state index contributed by atoms with van der Waals surface area (Å²) in [6.07, 6.45) is 0.195. The van der Waals surface area contributed by atoms with Crippen LogP contribution in [0.2, 0.25) is 5.02 Å². The van der Waals surface area contributed by atoms with Crippen molar-refractivity contribution in [2.75, 3.05) is 6.54 Å². The van der Waals surface area contributed by atoms with Gasteiger partial charge in [0.1, 0.15) is 0 Å². The van der Waals surface area contributed by atoms with Crippen LogP contribution in [0.15, 0.2) is 24.3 Å². The molecule has 4 heteroatoms. The Morgan fingerprint density at radius 3 is 2.24 bits per heavy atom. The molecule has 3 nitrogen and oxygen atoms in total. The summed E-state index contributed by atoms with van der Waals surface area (Å²) in [4.78, 5) is 12.4. The van der Waals surface area contributed by atoms with Gasteiger partial charge in [-0.25, -0.2) is 0 Å². The Labute approximate surface area is 132 Å². The number of hydrogen-bond donors (Lipinski definition) is 2. The molecule has 0 aliphatic rings. The minimum absolute atomic E-state index is 0.0462. The van der Waals surface area contributed by atoms with Gasteiger partial charge in [0, 0.05) is 11.6 Å². The van der Waals surface area contributed by atoms with Crippen LogP contribution in [0, 0.1) is 11.8 Å².